The van der Waals surface area contributed by atoms with Crippen LogP contribution in [0.4, 0.5) is 0 Å². The van der Waals surface area contributed by atoms with Gasteiger partial charge in [0.2, 0.25) is 5.91 Å². The summed E-state index contributed by atoms with van der Waals surface area (Å²) < 4.78 is 0. The van der Waals surface area contributed by atoms with Crippen LogP contribution in [0.3, 0.4) is 0 Å². The lowest BCUT2D eigenvalue weighted by Gasteiger charge is -2.15. The Morgan fingerprint density at radius 3 is 2.81 bits per heavy atom. The van der Waals surface area contributed by atoms with Crippen molar-refractivity contribution in [1.82, 2.24) is 10.2 Å². The van der Waals surface area contributed by atoms with Gasteiger partial charge in [0.15, 0.2) is 0 Å². The number of carbonyl (C=O) groups excluding carboxylic acids is 1. The van der Waals surface area contributed by atoms with E-state index >= 15 is 0 Å². The Bertz CT molecular complexity index is 382. The first-order valence-electron chi connectivity index (χ1n) is 4.89. The molecule has 1 amide bonds. The number of hydrogen-bond donors (Lipinski definition) is 2. The van der Waals surface area contributed by atoms with Crippen molar-refractivity contribution in [3.8, 4) is 5.75 Å². The predicted molar refractivity (Wildman–Crippen MR) is 63.5 cm³/mol. The van der Waals surface area contributed by atoms with Crippen molar-refractivity contribution in [3.63, 3.8) is 0 Å². The molecule has 0 radical (unpaired) electrons. The number of hydrogen-bond acceptors (Lipinski definition) is 3. The van der Waals surface area contributed by atoms with Crippen molar-refractivity contribution >= 4 is 17.5 Å². The number of phenolic OH excluding ortho intramolecular Hbond substituents is 1. The average Bonchev–Trinajstić information content (AvgIpc) is 2.23. The van der Waals surface area contributed by atoms with Crippen molar-refractivity contribution in [2.45, 2.75) is 6.54 Å². The van der Waals surface area contributed by atoms with Gasteiger partial charge in [-0.3, -0.25) is 9.69 Å². The number of phenols is 1. The third kappa shape index (κ3) is 3.72. The SMILES string of the molecule is CNC(=O)CN(C)Cc1ccc(O)c(Cl)c1. The van der Waals surface area contributed by atoms with Gasteiger partial charge in [0.05, 0.1) is 11.6 Å². The predicted octanol–water partition coefficient (Wildman–Crippen LogP) is 1.22. The van der Waals surface area contributed by atoms with E-state index in [1.165, 1.54) is 0 Å². The largest absolute Gasteiger partial charge is 0.506 e. The van der Waals surface area contributed by atoms with E-state index in [1.54, 1.807) is 25.2 Å². The quantitative estimate of drug-likeness (QED) is 0.835. The molecule has 0 heterocycles. The molecule has 0 aliphatic carbocycles. The third-order valence-electron chi connectivity index (χ3n) is 2.16. The number of halogens is 1. The van der Waals surface area contributed by atoms with E-state index in [0.717, 1.165) is 5.56 Å². The normalized spacial score (nSPS) is 10.5. The molecule has 0 spiro atoms. The molecule has 16 heavy (non-hydrogen) atoms. The topological polar surface area (TPSA) is 52.6 Å². The van der Waals surface area contributed by atoms with Gasteiger partial charge in [0, 0.05) is 13.6 Å². The molecule has 0 bridgehead atoms. The molecule has 4 nitrogen and oxygen atoms in total. The molecule has 0 unspecified atom stereocenters. The second kappa shape index (κ2) is 5.72. The number of rotatable bonds is 4. The molecule has 88 valence electrons. The van der Waals surface area contributed by atoms with E-state index in [0.29, 0.717) is 18.1 Å². The lowest BCUT2D eigenvalue weighted by Crippen LogP contribution is -2.32. The summed E-state index contributed by atoms with van der Waals surface area (Å²) in [6, 6.07) is 5.02. The Balaban J connectivity index is 2.59. The minimum atomic E-state index is -0.0348. The Morgan fingerprint density at radius 2 is 2.25 bits per heavy atom. The summed E-state index contributed by atoms with van der Waals surface area (Å²) in [5, 5.41) is 12.1. The van der Waals surface area contributed by atoms with Crippen LogP contribution >= 0.6 is 11.6 Å². The van der Waals surface area contributed by atoms with Crippen molar-refractivity contribution in [2.75, 3.05) is 20.6 Å². The molecule has 0 atom stereocenters. The van der Waals surface area contributed by atoms with Gasteiger partial charge in [0.1, 0.15) is 5.75 Å². The first kappa shape index (κ1) is 12.8. The third-order valence-corrected chi connectivity index (χ3v) is 2.46. The van der Waals surface area contributed by atoms with Gasteiger partial charge in [-0.2, -0.15) is 0 Å². The van der Waals surface area contributed by atoms with Gasteiger partial charge in [-0.15, -0.1) is 0 Å². The summed E-state index contributed by atoms with van der Waals surface area (Å²) in [4.78, 5) is 13.0. The molecular weight excluding hydrogens is 228 g/mol. The smallest absolute Gasteiger partial charge is 0.233 e. The Kier molecular flexibility index (Phi) is 4.58. The van der Waals surface area contributed by atoms with Crippen LogP contribution in [0.15, 0.2) is 18.2 Å². The molecule has 5 heteroatoms. The van der Waals surface area contributed by atoms with Gasteiger partial charge in [-0.05, 0) is 24.7 Å². The van der Waals surface area contributed by atoms with Gasteiger partial charge < -0.3 is 10.4 Å². The molecule has 1 aromatic rings. The number of benzene rings is 1. The fourth-order valence-corrected chi connectivity index (χ4v) is 1.54. The highest BCUT2D eigenvalue weighted by atomic mass is 35.5. The zero-order valence-corrected chi connectivity index (χ0v) is 10.1. The molecule has 1 rings (SSSR count). The summed E-state index contributed by atoms with van der Waals surface area (Å²) in [7, 11) is 3.45. The van der Waals surface area contributed by atoms with Crippen LogP contribution < -0.4 is 5.32 Å². The number of aromatic hydroxyl groups is 1. The summed E-state index contributed by atoms with van der Waals surface area (Å²) >= 11 is 5.78. The van der Waals surface area contributed by atoms with Crippen molar-refractivity contribution in [2.24, 2.45) is 0 Å². The zero-order chi connectivity index (χ0) is 12.1. The summed E-state index contributed by atoms with van der Waals surface area (Å²) in [5.74, 6) is 0.0340. The van der Waals surface area contributed by atoms with Crippen molar-refractivity contribution < 1.29 is 9.90 Å². The summed E-state index contributed by atoms with van der Waals surface area (Å²) in [5.41, 5.74) is 0.953. The first-order valence-corrected chi connectivity index (χ1v) is 5.27. The number of amides is 1. The zero-order valence-electron chi connectivity index (χ0n) is 9.33. The van der Waals surface area contributed by atoms with Crippen LogP contribution in [0.5, 0.6) is 5.75 Å². The maximum absolute atomic E-state index is 11.1. The highest BCUT2D eigenvalue weighted by Gasteiger charge is 2.06. The lowest BCUT2D eigenvalue weighted by molar-refractivity contribution is -0.121. The second-order valence-corrected chi connectivity index (χ2v) is 4.04. The van der Waals surface area contributed by atoms with Gasteiger partial charge in [-0.25, -0.2) is 0 Å². The van der Waals surface area contributed by atoms with E-state index in [-0.39, 0.29) is 11.7 Å². The van der Waals surface area contributed by atoms with E-state index in [2.05, 4.69) is 5.32 Å². The molecule has 1 aromatic carbocycles. The van der Waals surface area contributed by atoms with Crippen LogP contribution in [0, 0.1) is 0 Å². The highest BCUT2D eigenvalue weighted by molar-refractivity contribution is 6.32. The van der Waals surface area contributed by atoms with Crippen LogP contribution in [0.2, 0.25) is 5.02 Å². The van der Waals surface area contributed by atoms with Crippen LogP contribution in [-0.2, 0) is 11.3 Å². The Hall–Kier alpha value is -1.26. The number of nitrogens with one attached hydrogen (secondary N) is 1. The minimum absolute atomic E-state index is 0.0348. The molecule has 0 saturated carbocycles. The highest BCUT2D eigenvalue weighted by Crippen LogP contribution is 2.23. The molecule has 0 aliphatic rings. The van der Waals surface area contributed by atoms with E-state index < -0.39 is 0 Å². The molecule has 0 aliphatic heterocycles. The molecular formula is C11H15ClN2O2. The van der Waals surface area contributed by atoms with Crippen LogP contribution in [0.25, 0.3) is 0 Å². The second-order valence-electron chi connectivity index (χ2n) is 3.63. The maximum atomic E-state index is 11.1. The van der Waals surface area contributed by atoms with Gasteiger partial charge in [0.25, 0.3) is 0 Å². The maximum Gasteiger partial charge on any atom is 0.233 e. The van der Waals surface area contributed by atoms with E-state index in [1.807, 2.05) is 11.9 Å². The summed E-state index contributed by atoms with van der Waals surface area (Å²) in [6.45, 7) is 0.933. The fourth-order valence-electron chi connectivity index (χ4n) is 1.34. The molecule has 2 N–H and O–H groups in total. The minimum Gasteiger partial charge on any atom is -0.506 e. The van der Waals surface area contributed by atoms with Crippen molar-refractivity contribution in [1.29, 1.82) is 0 Å². The average molecular weight is 243 g/mol. The lowest BCUT2D eigenvalue weighted by atomic mass is 10.2. The first-order chi connectivity index (χ1) is 7.52. The Labute approximate surface area is 99.8 Å². The standard InChI is InChI=1S/C11H15ClN2O2/c1-13-11(16)7-14(2)6-8-3-4-10(15)9(12)5-8/h3-5,15H,6-7H2,1-2H3,(H,13,16). The van der Waals surface area contributed by atoms with Gasteiger partial charge in [-0.1, -0.05) is 17.7 Å². The number of likely N-dealkylation sites (N-methyl/N-ethyl adjacent to an activating group) is 2. The molecule has 0 fully saturated rings. The molecule has 0 aromatic heterocycles. The number of nitrogens with zero attached hydrogens (tertiary/aromatic N) is 1. The monoisotopic (exact) mass is 242 g/mol. The van der Waals surface area contributed by atoms with E-state index in [4.69, 9.17) is 11.6 Å². The van der Waals surface area contributed by atoms with Crippen LogP contribution in [0.1, 0.15) is 5.56 Å². The van der Waals surface area contributed by atoms with Crippen LogP contribution in [-0.4, -0.2) is 36.6 Å². The van der Waals surface area contributed by atoms with Crippen molar-refractivity contribution in [3.05, 3.63) is 28.8 Å². The van der Waals surface area contributed by atoms with Gasteiger partial charge >= 0.3 is 0 Å². The fraction of sp³-hybridized carbons (Fsp3) is 0.364. The summed E-state index contributed by atoms with van der Waals surface area (Å²) in [6.07, 6.45) is 0. The Morgan fingerprint density at radius 1 is 1.56 bits per heavy atom. The van der Waals surface area contributed by atoms with E-state index in [9.17, 15) is 9.90 Å². The number of carbonyl (C=O) groups is 1. The molecule has 0 saturated heterocycles.